The van der Waals surface area contributed by atoms with Gasteiger partial charge in [-0.1, -0.05) is 15.9 Å². The van der Waals surface area contributed by atoms with E-state index in [1.165, 1.54) is 6.92 Å². The molecule has 1 heterocycles. The second kappa shape index (κ2) is 10.1. The number of hydrogen-bond acceptors (Lipinski definition) is 4. The number of carbonyl (C=O) groups is 3. The van der Waals surface area contributed by atoms with E-state index in [2.05, 4.69) is 26.6 Å². The van der Waals surface area contributed by atoms with E-state index in [1.54, 1.807) is 28.8 Å². The summed E-state index contributed by atoms with van der Waals surface area (Å²) in [6.07, 6.45) is 0.139. The summed E-state index contributed by atoms with van der Waals surface area (Å²) in [7, 11) is 3.89. The Hall–Kier alpha value is -2.97. The van der Waals surface area contributed by atoms with E-state index in [0.29, 0.717) is 29.0 Å². The molecular formula is C24H27BrN4O3. The van der Waals surface area contributed by atoms with Gasteiger partial charge in [0.25, 0.3) is 5.91 Å². The minimum atomic E-state index is -0.186. The Morgan fingerprint density at radius 1 is 1.06 bits per heavy atom. The highest BCUT2D eigenvalue weighted by Crippen LogP contribution is 2.30. The zero-order valence-electron chi connectivity index (χ0n) is 18.7. The van der Waals surface area contributed by atoms with E-state index in [1.807, 2.05) is 44.1 Å². The molecule has 0 aliphatic rings. The van der Waals surface area contributed by atoms with Crippen LogP contribution in [0.1, 0.15) is 28.5 Å². The third kappa shape index (κ3) is 5.44. The Labute approximate surface area is 195 Å². The predicted molar refractivity (Wildman–Crippen MR) is 130 cm³/mol. The molecule has 0 bridgehead atoms. The smallest absolute Gasteiger partial charge is 0.262 e. The highest BCUT2D eigenvalue weighted by atomic mass is 79.9. The van der Waals surface area contributed by atoms with Crippen molar-refractivity contribution in [3.05, 3.63) is 63.8 Å². The van der Waals surface area contributed by atoms with Crippen LogP contribution in [0.2, 0.25) is 0 Å². The average molecular weight is 499 g/mol. The summed E-state index contributed by atoms with van der Waals surface area (Å²) in [6.45, 7) is 4.56. The summed E-state index contributed by atoms with van der Waals surface area (Å²) in [5.41, 5.74) is 3.32. The zero-order chi connectivity index (χ0) is 23.4. The van der Waals surface area contributed by atoms with Crippen molar-refractivity contribution in [2.24, 2.45) is 0 Å². The maximum Gasteiger partial charge on any atom is 0.262 e. The van der Waals surface area contributed by atoms with Crippen LogP contribution in [0.25, 0.3) is 10.9 Å². The van der Waals surface area contributed by atoms with Crippen molar-refractivity contribution in [3.8, 4) is 0 Å². The van der Waals surface area contributed by atoms with Crippen LogP contribution in [-0.4, -0.2) is 54.4 Å². The van der Waals surface area contributed by atoms with E-state index in [9.17, 15) is 14.4 Å². The third-order valence-electron chi connectivity index (χ3n) is 5.17. The van der Waals surface area contributed by atoms with Crippen LogP contribution in [0.5, 0.6) is 0 Å². The standard InChI is InChI=1S/C24H27BrN4O3/c1-15-20(14-23(31)26-11-12-28(3)4)21-13-19(27-16(2)30)9-10-22(21)29(15)24(32)17-5-7-18(25)8-6-17/h5-10,13H,11-12,14H2,1-4H3,(H,26,31)(H,27,30). The van der Waals surface area contributed by atoms with Gasteiger partial charge in [-0.05, 0) is 69.0 Å². The number of likely N-dealkylation sites (N-methyl/N-ethyl adjacent to an activating group) is 1. The van der Waals surface area contributed by atoms with Gasteiger partial charge in [-0.2, -0.15) is 0 Å². The van der Waals surface area contributed by atoms with Crippen molar-refractivity contribution in [2.75, 3.05) is 32.5 Å². The van der Waals surface area contributed by atoms with E-state index in [4.69, 9.17) is 0 Å². The fourth-order valence-corrected chi connectivity index (χ4v) is 3.88. The summed E-state index contributed by atoms with van der Waals surface area (Å²) in [4.78, 5) is 39.5. The molecule has 0 saturated heterocycles. The normalized spacial score (nSPS) is 11.1. The molecule has 0 fully saturated rings. The molecule has 0 atom stereocenters. The van der Waals surface area contributed by atoms with Gasteiger partial charge >= 0.3 is 0 Å². The number of carbonyl (C=O) groups excluding carboxylic acids is 3. The van der Waals surface area contributed by atoms with Gasteiger partial charge in [-0.15, -0.1) is 0 Å². The Morgan fingerprint density at radius 3 is 2.38 bits per heavy atom. The molecule has 3 aromatic rings. The van der Waals surface area contributed by atoms with E-state index >= 15 is 0 Å². The highest BCUT2D eigenvalue weighted by Gasteiger charge is 2.22. The number of rotatable bonds is 7. The van der Waals surface area contributed by atoms with Crippen LogP contribution in [0, 0.1) is 6.92 Å². The van der Waals surface area contributed by atoms with Crippen LogP contribution in [0.15, 0.2) is 46.9 Å². The van der Waals surface area contributed by atoms with Gasteiger partial charge in [0, 0.05) is 46.8 Å². The minimum absolute atomic E-state index is 0.116. The fourth-order valence-electron chi connectivity index (χ4n) is 3.61. The molecule has 1 aromatic heterocycles. The van der Waals surface area contributed by atoms with Crippen LogP contribution in [-0.2, 0) is 16.0 Å². The first-order valence-electron chi connectivity index (χ1n) is 10.3. The van der Waals surface area contributed by atoms with Gasteiger partial charge in [0.15, 0.2) is 0 Å². The Morgan fingerprint density at radius 2 is 1.75 bits per heavy atom. The van der Waals surface area contributed by atoms with Crippen LogP contribution >= 0.6 is 15.9 Å². The van der Waals surface area contributed by atoms with Crippen molar-refractivity contribution in [1.82, 2.24) is 14.8 Å². The SMILES string of the molecule is CC(=O)Nc1ccc2c(c1)c(CC(=O)NCCN(C)C)c(C)n2C(=O)c1ccc(Br)cc1. The Bertz CT molecular complexity index is 1170. The zero-order valence-corrected chi connectivity index (χ0v) is 20.2. The quantitative estimate of drug-likeness (QED) is 0.521. The molecule has 0 spiro atoms. The fraction of sp³-hybridized carbons (Fsp3) is 0.292. The van der Waals surface area contributed by atoms with Crippen LogP contribution < -0.4 is 10.6 Å². The lowest BCUT2D eigenvalue weighted by Crippen LogP contribution is -2.32. The topological polar surface area (TPSA) is 83.4 Å². The second-order valence-electron chi connectivity index (χ2n) is 7.95. The molecule has 2 N–H and O–H groups in total. The summed E-state index contributed by atoms with van der Waals surface area (Å²) >= 11 is 3.39. The summed E-state index contributed by atoms with van der Waals surface area (Å²) < 4.78 is 2.52. The minimum Gasteiger partial charge on any atom is -0.355 e. The Balaban J connectivity index is 2.04. The molecule has 7 nitrogen and oxygen atoms in total. The summed E-state index contributed by atoms with van der Waals surface area (Å²) in [6, 6.07) is 12.5. The van der Waals surface area contributed by atoms with E-state index in [0.717, 1.165) is 22.0 Å². The molecule has 0 unspecified atom stereocenters. The summed E-state index contributed by atoms with van der Waals surface area (Å²) in [5, 5.41) is 6.47. The first-order chi connectivity index (χ1) is 15.2. The monoisotopic (exact) mass is 498 g/mol. The van der Waals surface area contributed by atoms with Gasteiger partial charge < -0.3 is 15.5 Å². The lowest BCUT2D eigenvalue weighted by molar-refractivity contribution is -0.120. The number of aromatic nitrogens is 1. The van der Waals surface area contributed by atoms with Crippen molar-refractivity contribution >= 4 is 50.2 Å². The molecule has 8 heteroatoms. The number of nitrogens with one attached hydrogen (secondary N) is 2. The number of nitrogens with zero attached hydrogens (tertiary/aromatic N) is 2. The largest absolute Gasteiger partial charge is 0.355 e. The molecule has 2 amide bonds. The number of fused-ring (bicyclic) bond motifs is 1. The molecule has 32 heavy (non-hydrogen) atoms. The molecule has 0 radical (unpaired) electrons. The molecular weight excluding hydrogens is 472 g/mol. The Kier molecular flexibility index (Phi) is 7.48. The van der Waals surface area contributed by atoms with Gasteiger partial charge in [0.1, 0.15) is 0 Å². The van der Waals surface area contributed by atoms with Crippen LogP contribution in [0.4, 0.5) is 5.69 Å². The van der Waals surface area contributed by atoms with Gasteiger partial charge in [0.05, 0.1) is 11.9 Å². The van der Waals surface area contributed by atoms with Gasteiger partial charge in [-0.25, -0.2) is 0 Å². The maximum atomic E-state index is 13.4. The predicted octanol–water partition coefficient (Wildman–Crippen LogP) is 3.58. The van der Waals surface area contributed by atoms with Crippen molar-refractivity contribution in [3.63, 3.8) is 0 Å². The molecule has 0 saturated carbocycles. The lowest BCUT2D eigenvalue weighted by Gasteiger charge is -2.11. The number of benzene rings is 2. The second-order valence-corrected chi connectivity index (χ2v) is 8.87. The molecule has 3 rings (SSSR count). The number of hydrogen-bond donors (Lipinski definition) is 2. The lowest BCUT2D eigenvalue weighted by atomic mass is 10.1. The van der Waals surface area contributed by atoms with Crippen molar-refractivity contribution in [1.29, 1.82) is 0 Å². The molecule has 0 aliphatic heterocycles. The summed E-state index contributed by atoms with van der Waals surface area (Å²) in [5.74, 6) is -0.476. The van der Waals surface area contributed by atoms with Crippen LogP contribution in [0.3, 0.4) is 0 Å². The number of anilines is 1. The average Bonchev–Trinajstić information content (AvgIpc) is 2.98. The molecule has 2 aromatic carbocycles. The third-order valence-corrected chi connectivity index (χ3v) is 5.70. The van der Waals surface area contributed by atoms with E-state index in [-0.39, 0.29) is 24.1 Å². The molecule has 0 aliphatic carbocycles. The van der Waals surface area contributed by atoms with Gasteiger partial charge in [-0.3, -0.25) is 19.0 Å². The first kappa shape index (κ1) is 23.7. The van der Waals surface area contributed by atoms with E-state index < -0.39 is 0 Å². The van der Waals surface area contributed by atoms with Crippen molar-refractivity contribution in [2.45, 2.75) is 20.3 Å². The highest BCUT2D eigenvalue weighted by molar-refractivity contribution is 9.10. The first-order valence-corrected chi connectivity index (χ1v) is 11.1. The molecule has 168 valence electrons. The number of amides is 2. The maximum absolute atomic E-state index is 13.4. The van der Waals surface area contributed by atoms with Gasteiger partial charge in [0.2, 0.25) is 11.8 Å². The number of halogens is 1. The van der Waals surface area contributed by atoms with Crippen molar-refractivity contribution < 1.29 is 14.4 Å².